The van der Waals surface area contributed by atoms with Gasteiger partial charge in [-0.15, -0.1) is 0 Å². The van der Waals surface area contributed by atoms with Crippen LogP contribution in [0.2, 0.25) is 0 Å². The second-order valence-electron chi connectivity index (χ2n) is 18.0. The molecule has 1 aliphatic carbocycles. The molecule has 0 spiro atoms. The summed E-state index contributed by atoms with van der Waals surface area (Å²) < 4.78 is 34.3. The molecular weight excluding hydrogens is 836 g/mol. The summed E-state index contributed by atoms with van der Waals surface area (Å²) in [6.45, 7) is 4.25. The third kappa shape index (κ3) is 33.1. The lowest BCUT2D eigenvalue weighted by molar-refractivity contribution is -0.220. The molecule has 376 valence electrons. The fourth-order valence-corrected chi connectivity index (χ4v) is 8.87. The van der Waals surface area contributed by atoms with Crippen LogP contribution in [-0.4, -0.2) is 98.9 Å². The topological polar surface area (TPSA) is 192 Å². The summed E-state index contributed by atoms with van der Waals surface area (Å²) in [5.74, 6) is -0.478. The molecule has 1 aliphatic rings. The molecular formula is C51H95O12P. The highest BCUT2D eigenvalue weighted by molar-refractivity contribution is 7.47. The minimum atomic E-state index is -5.02. The molecule has 12 nitrogen and oxygen atoms in total. The summed E-state index contributed by atoms with van der Waals surface area (Å²) in [6, 6.07) is 0. The summed E-state index contributed by atoms with van der Waals surface area (Å²) in [4.78, 5) is 23.2. The Morgan fingerprint density at radius 1 is 0.500 bits per heavy atom. The summed E-state index contributed by atoms with van der Waals surface area (Å²) in [5.41, 5.74) is 0. The van der Waals surface area contributed by atoms with Crippen molar-refractivity contribution in [3.63, 3.8) is 0 Å². The zero-order valence-corrected chi connectivity index (χ0v) is 41.2. The molecule has 0 heterocycles. The van der Waals surface area contributed by atoms with Gasteiger partial charge < -0.3 is 39.9 Å². The van der Waals surface area contributed by atoms with Gasteiger partial charge in [-0.2, -0.15) is 0 Å². The van der Waals surface area contributed by atoms with Crippen LogP contribution in [0, 0.1) is 0 Å². The second kappa shape index (κ2) is 41.7. The smallest absolute Gasteiger partial charge is 0.457 e. The molecule has 0 radical (unpaired) electrons. The molecule has 6 unspecified atom stereocenters. The maximum atomic E-state index is 12.8. The van der Waals surface area contributed by atoms with Crippen LogP contribution in [0.5, 0.6) is 0 Å². The van der Waals surface area contributed by atoms with Crippen LogP contribution >= 0.6 is 7.82 Å². The van der Waals surface area contributed by atoms with Crippen LogP contribution in [0.3, 0.4) is 0 Å². The lowest BCUT2D eigenvalue weighted by atomic mass is 9.85. The van der Waals surface area contributed by atoms with Crippen molar-refractivity contribution >= 4 is 13.8 Å². The fourth-order valence-electron chi connectivity index (χ4n) is 7.89. The van der Waals surface area contributed by atoms with E-state index in [1.54, 1.807) is 0 Å². The van der Waals surface area contributed by atoms with Gasteiger partial charge in [0.05, 0.1) is 13.2 Å². The monoisotopic (exact) mass is 931 g/mol. The molecule has 0 aromatic rings. The normalized spacial score (nSPS) is 21.9. The fraction of sp³-hybridized carbons (Fsp3) is 0.863. The van der Waals surface area contributed by atoms with Gasteiger partial charge in [-0.25, -0.2) is 4.57 Å². The molecule has 0 aromatic heterocycles. The first kappa shape index (κ1) is 60.6. The highest BCUT2D eigenvalue weighted by atomic mass is 31.2. The molecule has 6 N–H and O–H groups in total. The molecule has 0 aromatic carbocycles. The van der Waals surface area contributed by atoms with Gasteiger partial charge in [0.15, 0.2) is 0 Å². The Hall–Kier alpha value is -1.44. The predicted molar refractivity (Wildman–Crippen MR) is 258 cm³/mol. The number of phosphoric acid groups is 1. The van der Waals surface area contributed by atoms with Crippen LogP contribution in [0.1, 0.15) is 219 Å². The number of phosphoric ester groups is 1. The average molecular weight is 931 g/mol. The first-order valence-electron chi connectivity index (χ1n) is 25.8. The van der Waals surface area contributed by atoms with E-state index in [2.05, 4.69) is 50.3 Å². The van der Waals surface area contributed by atoms with Crippen molar-refractivity contribution < 1.29 is 58.3 Å². The third-order valence-electron chi connectivity index (χ3n) is 12.0. The van der Waals surface area contributed by atoms with Gasteiger partial charge in [0, 0.05) is 13.0 Å². The van der Waals surface area contributed by atoms with Gasteiger partial charge in [0.25, 0.3) is 0 Å². The summed E-state index contributed by atoms with van der Waals surface area (Å²) in [7, 11) is -5.02. The number of carbonyl (C=O) groups excluding carboxylic acids is 1. The Balaban J connectivity index is 2.31. The molecule has 0 bridgehead atoms. The summed E-state index contributed by atoms with van der Waals surface area (Å²) in [5, 5.41) is 50.3. The van der Waals surface area contributed by atoms with Crippen LogP contribution in [0.25, 0.3) is 0 Å². The van der Waals surface area contributed by atoms with Crippen molar-refractivity contribution in [1.82, 2.24) is 0 Å². The molecule has 1 fully saturated rings. The van der Waals surface area contributed by atoms with E-state index in [9.17, 15) is 39.8 Å². The van der Waals surface area contributed by atoms with Crippen molar-refractivity contribution in [3.8, 4) is 0 Å². The van der Waals surface area contributed by atoms with Crippen molar-refractivity contribution in [3.05, 3.63) is 36.5 Å². The number of ether oxygens (including phenoxy) is 2. The van der Waals surface area contributed by atoms with Gasteiger partial charge in [0.1, 0.15) is 42.7 Å². The van der Waals surface area contributed by atoms with Gasteiger partial charge in [-0.1, -0.05) is 198 Å². The number of unbranched alkanes of at least 4 members (excludes halogenated alkanes) is 26. The van der Waals surface area contributed by atoms with E-state index >= 15 is 0 Å². The van der Waals surface area contributed by atoms with Crippen molar-refractivity contribution in [2.24, 2.45) is 0 Å². The lowest BCUT2D eigenvalue weighted by Crippen LogP contribution is -2.64. The molecule has 13 heteroatoms. The lowest BCUT2D eigenvalue weighted by Gasteiger charge is -2.41. The number of esters is 1. The molecule has 0 aliphatic heterocycles. The Kier molecular flexibility index (Phi) is 39.5. The molecule has 6 atom stereocenters. The third-order valence-corrected chi connectivity index (χ3v) is 13.0. The zero-order chi connectivity index (χ0) is 46.9. The minimum Gasteiger partial charge on any atom is -0.457 e. The number of aliphatic hydroxyl groups is 5. The quantitative estimate of drug-likeness (QED) is 0.0147. The maximum Gasteiger partial charge on any atom is 0.472 e. The van der Waals surface area contributed by atoms with Crippen molar-refractivity contribution in [2.45, 2.75) is 262 Å². The highest BCUT2D eigenvalue weighted by Gasteiger charge is 2.51. The summed E-state index contributed by atoms with van der Waals surface area (Å²) >= 11 is 0. The van der Waals surface area contributed by atoms with E-state index in [0.29, 0.717) is 13.0 Å². The Bertz CT molecular complexity index is 1200. The average Bonchev–Trinajstić information content (AvgIpc) is 3.28. The van der Waals surface area contributed by atoms with Crippen molar-refractivity contribution in [2.75, 3.05) is 19.8 Å². The Labute approximate surface area is 389 Å². The highest BCUT2D eigenvalue weighted by Crippen LogP contribution is 2.47. The first-order valence-corrected chi connectivity index (χ1v) is 27.3. The molecule has 0 saturated heterocycles. The molecule has 64 heavy (non-hydrogen) atoms. The number of rotatable bonds is 44. The largest absolute Gasteiger partial charge is 0.472 e. The van der Waals surface area contributed by atoms with Gasteiger partial charge in [-0.3, -0.25) is 13.8 Å². The predicted octanol–water partition coefficient (Wildman–Crippen LogP) is 11.4. The van der Waals surface area contributed by atoms with Gasteiger partial charge in [0.2, 0.25) is 0 Å². The van der Waals surface area contributed by atoms with Crippen LogP contribution in [0.15, 0.2) is 36.5 Å². The Morgan fingerprint density at radius 2 is 0.875 bits per heavy atom. The van der Waals surface area contributed by atoms with E-state index in [-0.39, 0.29) is 13.0 Å². The SMILES string of the molecule is CCCCCCC/C=C\C/C=C\C/C=C\CCCCCCCCCCCOCC(COP(=O)(O)OC1C(O)C(O)C(O)C(O)C1O)OC(=O)CCCCCCCCCCCCCCC. The molecule has 0 amide bonds. The van der Waals surface area contributed by atoms with Crippen LogP contribution in [-0.2, 0) is 27.9 Å². The number of hydrogen-bond acceptors (Lipinski definition) is 11. The van der Waals surface area contributed by atoms with Gasteiger partial charge >= 0.3 is 13.8 Å². The van der Waals surface area contributed by atoms with E-state index in [0.717, 1.165) is 64.2 Å². The zero-order valence-electron chi connectivity index (χ0n) is 40.3. The molecule has 1 saturated carbocycles. The van der Waals surface area contributed by atoms with Crippen LogP contribution in [0.4, 0.5) is 0 Å². The number of carbonyl (C=O) groups is 1. The number of hydrogen-bond donors (Lipinski definition) is 6. The number of aliphatic hydroxyl groups excluding tert-OH is 5. The first-order chi connectivity index (χ1) is 31.0. The maximum absolute atomic E-state index is 12.8. The van der Waals surface area contributed by atoms with E-state index < -0.39 is 63.1 Å². The van der Waals surface area contributed by atoms with Crippen molar-refractivity contribution in [1.29, 1.82) is 0 Å². The number of allylic oxidation sites excluding steroid dienone is 6. The molecule has 1 rings (SSSR count). The van der Waals surface area contributed by atoms with E-state index in [1.807, 2.05) is 0 Å². The van der Waals surface area contributed by atoms with E-state index in [4.69, 9.17) is 18.5 Å². The van der Waals surface area contributed by atoms with Gasteiger partial charge in [-0.05, 0) is 51.4 Å². The Morgan fingerprint density at radius 3 is 1.33 bits per heavy atom. The minimum absolute atomic E-state index is 0.0779. The summed E-state index contributed by atoms with van der Waals surface area (Å²) in [6.07, 6.45) is 37.8. The second-order valence-corrected chi connectivity index (χ2v) is 19.4. The standard InChI is InChI=1S/C51H95O12P/c1-3-5-7-9-11-13-15-17-18-19-20-21-22-23-24-25-26-27-29-31-33-35-37-39-41-60-42-44(43-61-64(58,59)63-51-49(56)47(54)46(53)48(55)50(51)57)62-45(52)40-38-36-34-32-30-28-16-14-12-10-8-6-4-2/h15,17,19-20,22-23,44,46-51,53-57H,3-14,16,18,21,24-43H2,1-2H3,(H,58,59)/b17-15-,20-19-,23-22-. The van der Waals surface area contributed by atoms with E-state index in [1.165, 1.54) is 128 Å². The van der Waals surface area contributed by atoms with Crippen LogP contribution < -0.4 is 0 Å².